The van der Waals surface area contributed by atoms with Gasteiger partial charge in [-0.3, -0.25) is 9.59 Å². The van der Waals surface area contributed by atoms with E-state index in [4.69, 9.17) is 15.5 Å². The third kappa shape index (κ3) is 9.38. The van der Waals surface area contributed by atoms with Gasteiger partial charge in [-0.05, 0) is 53.3 Å². The van der Waals surface area contributed by atoms with Crippen LogP contribution in [-0.4, -0.2) is 77.2 Å². The molecule has 2 amide bonds. The summed E-state index contributed by atoms with van der Waals surface area (Å²) >= 11 is 0. The lowest BCUT2D eigenvalue weighted by atomic mass is 9.98. The van der Waals surface area contributed by atoms with E-state index < -0.39 is 24.4 Å². The Balaban J connectivity index is 1.22. The predicted octanol–water partition coefficient (Wildman–Crippen LogP) is 5.29. The molecule has 2 aliphatic rings. The molecule has 0 saturated carbocycles. The fourth-order valence-electron chi connectivity index (χ4n) is 5.42. The molecular weight excluding hydrogens is 611 g/mol. The zero-order chi connectivity index (χ0) is 33.6. The molecule has 47 heavy (non-hydrogen) atoms. The molecule has 3 aromatic rings. The molecule has 0 unspecified atom stereocenters. The van der Waals surface area contributed by atoms with Crippen LogP contribution in [0.25, 0.3) is 16.8 Å². The number of nitrogen functional groups attached to an aromatic ring is 1. The molecular formula is C34H38F3N7O3. The van der Waals surface area contributed by atoms with E-state index in [0.29, 0.717) is 38.4 Å². The van der Waals surface area contributed by atoms with Crippen molar-refractivity contribution in [1.82, 2.24) is 19.9 Å². The van der Waals surface area contributed by atoms with Crippen LogP contribution in [0.4, 0.5) is 30.6 Å². The molecule has 5 rings (SSSR count). The van der Waals surface area contributed by atoms with E-state index in [1.807, 2.05) is 6.07 Å². The monoisotopic (exact) mass is 649 g/mol. The molecule has 0 spiro atoms. The van der Waals surface area contributed by atoms with Crippen LogP contribution in [0.5, 0.6) is 0 Å². The molecule has 2 aliphatic heterocycles. The Morgan fingerprint density at radius 1 is 1.04 bits per heavy atom. The summed E-state index contributed by atoms with van der Waals surface area (Å²) in [6.07, 6.45) is 1.72. The van der Waals surface area contributed by atoms with Gasteiger partial charge < -0.3 is 25.6 Å². The molecule has 0 aliphatic carbocycles. The van der Waals surface area contributed by atoms with Crippen molar-refractivity contribution in [3.05, 3.63) is 77.6 Å². The molecule has 1 aromatic carbocycles. The number of alkyl halides is 3. The second-order valence-corrected chi connectivity index (χ2v) is 11.9. The lowest BCUT2D eigenvalue weighted by molar-refractivity contribution is -0.130. The quantitative estimate of drug-likeness (QED) is 0.300. The zero-order valence-electron chi connectivity index (χ0n) is 26.4. The average molecular weight is 650 g/mol. The number of morpholine rings is 1. The first-order chi connectivity index (χ1) is 22.4. The first-order valence-corrected chi connectivity index (χ1v) is 15.5. The molecule has 4 heterocycles. The third-order valence-corrected chi connectivity index (χ3v) is 8.09. The number of nitrogens with zero attached hydrogens (tertiary/aromatic N) is 5. The lowest BCUT2D eigenvalue weighted by Gasteiger charge is -2.30. The minimum absolute atomic E-state index is 0.00859. The fourth-order valence-corrected chi connectivity index (χ4v) is 5.42. The van der Waals surface area contributed by atoms with E-state index in [0.717, 1.165) is 52.9 Å². The number of ether oxygens (including phenoxy) is 1. The van der Waals surface area contributed by atoms with E-state index in [9.17, 15) is 22.8 Å². The van der Waals surface area contributed by atoms with Crippen molar-refractivity contribution in [2.24, 2.45) is 5.92 Å². The van der Waals surface area contributed by atoms with Crippen molar-refractivity contribution in [1.29, 1.82) is 0 Å². The van der Waals surface area contributed by atoms with E-state index in [1.165, 1.54) is 0 Å². The van der Waals surface area contributed by atoms with Gasteiger partial charge in [0.05, 0.1) is 31.7 Å². The van der Waals surface area contributed by atoms with Crippen LogP contribution in [0.2, 0.25) is 0 Å². The smallest absolute Gasteiger partial charge is 0.378 e. The molecule has 10 nitrogen and oxygen atoms in total. The Labute approximate surface area is 271 Å². The maximum atomic E-state index is 13.2. The standard InChI is InChI=1S/C34H38F3N7O3/c1-22(2)26(19-34(35,36)37)18-31(45)41-28-5-3-23(4-6-28)15-32(46)44-9-7-24(8-10-44)25-16-29(27-20-39-33(38)40-21-27)42-30(17-25)43-11-13-47-14-12-43/h3-7,16-18,20-22H,8-15,19H2,1-2H3,(H,41,45)(H2,38,39,40)/b26-18-. The fraction of sp³-hybridized carbons (Fsp3) is 0.382. The number of pyridine rings is 1. The number of hydrogen-bond donors (Lipinski definition) is 2. The summed E-state index contributed by atoms with van der Waals surface area (Å²) in [6.45, 7) is 6.98. The van der Waals surface area contributed by atoms with Crippen LogP contribution in [0.3, 0.4) is 0 Å². The summed E-state index contributed by atoms with van der Waals surface area (Å²) in [5.41, 5.74) is 10.5. The van der Waals surface area contributed by atoms with Crippen molar-refractivity contribution < 1.29 is 27.5 Å². The Morgan fingerprint density at radius 2 is 1.74 bits per heavy atom. The lowest BCUT2D eigenvalue weighted by Crippen LogP contribution is -2.37. The number of rotatable bonds is 9. The van der Waals surface area contributed by atoms with Gasteiger partial charge in [0.2, 0.25) is 17.8 Å². The highest BCUT2D eigenvalue weighted by Gasteiger charge is 2.30. The SMILES string of the molecule is CC(C)/C(=C\C(=O)Nc1ccc(CC(=O)N2CC=C(c3cc(-c4cnc(N)nc4)nc(N4CCOCC4)c3)CC2)cc1)CC(F)(F)F. The highest BCUT2D eigenvalue weighted by Crippen LogP contribution is 2.31. The van der Waals surface area contributed by atoms with Gasteiger partial charge in [0, 0.05) is 55.9 Å². The number of nitrogens with one attached hydrogen (secondary N) is 1. The van der Waals surface area contributed by atoms with E-state index in [-0.39, 0.29) is 23.8 Å². The molecule has 2 aromatic heterocycles. The minimum Gasteiger partial charge on any atom is -0.378 e. The number of carbonyl (C=O) groups excluding carboxylic acids is 2. The van der Waals surface area contributed by atoms with Crippen molar-refractivity contribution in [2.75, 3.05) is 55.3 Å². The number of anilines is 3. The maximum absolute atomic E-state index is 13.2. The van der Waals surface area contributed by atoms with E-state index in [2.05, 4.69) is 32.3 Å². The van der Waals surface area contributed by atoms with Crippen LogP contribution in [0, 0.1) is 5.92 Å². The molecule has 1 saturated heterocycles. The van der Waals surface area contributed by atoms with Gasteiger partial charge in [-0.15, -0.1) is 0 Å². The number of carbonyl (C=O) groups is 2. The summed E-state index contributed by atoms with van der Waals surface area (Å²) < 4.78 is 44.1. The first-order valence-electron chi connectivity index (χ1n) is 15.5. The van der Waals surface area contributed by atoms with Gasteiger partial charge in [-0.1, -0.05) is 37.6 Å². The van der Waals surface area contributed by atoms with Gasteiger partial charge >= 0.3 is 6.18 Å². The molecule has 0 atom stereocenters. The average Bonchev–Trinajstić information content (AvgIpc) is 3.05. The number of amides is 2. The van der Waals surface area contributed by atoms with Crippen molar-refractivity contribution in [3.63, 3.8) is 0 Å². The van der Waals surface area contributed by atoms with Gasteiger partial charge in [-0.2, -0.15) is 13.2 Å². The van der Waals surface area contributed by atoms with Gasteiger partial charge in [0.1, 0.15) is 5.82 Å². The van der Waals surface area contributed by atoms with E-state index >= 15 is 0 Å². The summed E-state index contributed by atoms with van der Waals surface area (Å²) in [7, 11) is 0. The van der Waals surface area contributed by atoms with Gasteiger partial charge in [0.15, 0.2) is 0 Å². The van der Waals surface area contributed by atoms with E-state index in [1.54, 1.807) is 55.4 Å². The van der Waals surface area contributed by atoms with Crippen LogP contribution >= 0.6 is 0 Å². The first kappa shape index (κ1) is 33.6. The topological polar surface area (TPSA) is 127 Å². The molecule has 1 fully saturated rings. The third-order valence-electron chi connectivity index (χ3n) is 8.09. The Morgan fingerprint density at radius 3 is 2.36 bits per heavy atom. The molecule has 248 valence electrons. The molecule has 0 radical (unpaired) electrons. The number of hydrogen-bond acceptors (Lipinski definition) is 8. The van der Waals surface area contributed by atoms with Crippen LogP contribution in [0.15, 0.2) is 66.5 Å². The highest BCUT2D eigenvalue weighted by atomic mass is 19.4. The zero-order valence-corrected chi connectivity index (χ0v) is 26.4. The van der Waals surface area contributed by atoms with Gasteiger partial charge in [0.25, 0.3) is 0 Å². The Bertz CT molecular complexity index is 1630. The number of halogens is 3. The van der Waals surface area contributed by atoms with Gasteiger partial charge in [-0.25, -0.2) is 15.0 Å². The van der Waals surface area contributed by atoms with Crippen LogP contribution in [-0.2, 0) is 20.7 Å². The minimum atomic E-state index is -4.39. The second-order valence-electron chi connectivity index (χ2n) is 11.9. The highest BCUT2D eigenvalue weighted by molar-refractivity contribution is 5.99. The Kier molecular flexibility index (Phi) is 10.5. The number of aromatic nitrogens is 3. The molecule has 13 heteroatoms. The maximum Gasteiger partial charge on any atom is 0.392 e. The normalized spacial score (nSPS) is 15.9. The summed E-state index contributed by atoms with van der Waals surface area (Å²) in [6, 6.07) is 10.8. The van der Waals surface area contributed by atoms with Crippen LogP contribution < -0.4 is 16.0 Å². The Hall–Kier alpha value is -4.78. The predicted molar refractivity (Wildman–Crippen MR) is 174 cm³/mol. The summed E-state index contributed by atoms with van der Waals surface area (Å²) in [5.74, 6) is -0.0444. The van der Waals surface area contributed by atoms with Crippen LogP contribution in [0.1, 0.15) is 37.8 Å². The number of nitrogens with two attached hydrogens (primary N) is 1. The number of allylic oxidation sites excluding steroid dienone is 1. The van der Waals surface area contributed by atoms with Crippen molar-refractivity contribution in [3.8, 4) is 11.3 Å². The summed E-state index contributed by atoms with van der Waals surface area (Å²) in [4.78, 5) is 42.7. The molecule has 3 N–H and O–H groups in total. The number of benzene rings is 1. The van der Waals surface area contributed by atoms with Crippen molar-refractivity contribution in [2.45, 2.75) is 39.3 Å². The second kappa shape index (κ2) is 14.8. The summed E-state index contributed by atoms with van der Waals surface area (Å²) in [5, 5.41) is 2.61. The van der Waals surface area contributed by atoms with Crippen molar-refractivity contribution >= 4 is 34.8 Å². The largest absolute Gasteiger partial charge is 0.392 e. The molecule has 0 bridgehead atoms.